The van der Waals surface area contributed by atoms with Gasteiger partial charge in [-0.25, -0.2) is 0 Å². The van der Waals surface area contributed by atoms with Crippen LogP contribution in [0.15, 0.2) is 11.6 Å². The molecule has 2 saturated carbocycles. The maximum atomic E-state index is 12.4. The zero-order valence-corrected chi connectivity index (χ0v) is 16.1. The number of amides is 2. The summed E-state index contributed by atoms with van der Waals surface area (Å²) >= 11 is 0. The van der Waals surface area contributed by atoms with Gasteiger partial charge in [-0.3, -0.25) is 14.9 Å². The molecule has 1 saturated heterocycles. The predicted octanol–water partition coefficient (Wildman–Crippen LogP) is 1.86. The molecular weight excluding hydrogens is 330 g/mol. The molecule has 1 aliphatic heterocycles. The molecule has 3 rings (SSSR count). The van der Waals surface area contributed by atoms with Gasteiger partial charge in [-0.2, -0.15) is 0 Å². The number of methoxy groups -OCH3 is 1. The first-order chi connectivity index (χ1) is 12.6. The molecule has 6 nitrogen and oxygen atoms in total. The first-order valence-corrected chi connectivity index (χ1v) is 10.1. The van der Waals surface area contributed by atoms with E-state index in [-0.39, 0.29) is 29.8 Å². The van der Waals surface area contributed by atoms with E-state index in [1.54, 1.807) is 13.2 Å². The molecule has 3 aliphatic rings. The second kappa shape index (κ2) is 9.00. The highest BCUT2D eigenvalue weighted by atomic mass is 16.5. The van der Waals surface area contributed by atoms with Gasteiger partial charge in [-0.15, -0.1) is 0 Å². The van der Waals surface area contributed by atoms with Crippen LogP contribution in [0.3, 0.4) is 0 Å². The molecule has 2 amide bonds. The third-order valence-electron chi connectivity index (χ3n) is 6.26. The molecule has 1 heterocycles. The van der Waals surface area contributed by atoms with Crippen molar-refractivity contribution in [1.29, 1.82) is 0 Å². The number of carbonyl (C=O) groups is 2. The van der Waals surface area contributed by atoms with Gasteiger partial charge in [0, 0.05) is 25.3 Å². The summed E-state index contributed by atoms with van der Waals surface area (Å²) in [6, 6.07) is 0.339. The van der Waals surface area contributed by atoms with E-state index in [0.717, 1.165) is 37.7 Å². The number of allylic oxidation sites excluding steroid dienone is 1. The molecule has 3 N–H and O–H groups in total. The maximum absolute atomic E-state index is 12.4. The van der Waals surface area contributed by atoms with Crippen molar-refractivity contribution in [3.8, 4) is 0 Å². The number of rotatable bonds is 5. The van der Waals surface area contributed by atoms with Gasteiger partial charge in [0.15, 0.2) is 0 Å². The number of nitrogens with one attached hydrogen (secondary N) is 3. The Kier molecular flexibility index (Phi) is 6.70. The Morgan fingerprint density at radius 1 is 1.27 bits per heavy atom. The highest BCUT2D eigenvalue weighted by Gasteiger charge is 2.37. The minimum Gasteiger partial charge on any atom is -0.381 e. The molecule has 0 spiro atoms. The largest absolute Gasteiger partial charge is 0.381 e. The number of fused-ring (bicyclic) bond motifs is 1. The Bertz CT molecular complexity index is 548. The third-order valence-corrected chi connectivity index (χ3v) is 6.26. The van der Waals surface area contributed by atoms with Crippen molar-refractivity contribution in [3.63, 3.8) is 0 Å². The van der Waals surface area contributed by atoms with E-state index in [9.17, 15) is 9.59 Å². The van der Waals surface area contributed by atoms with Crippen LogP contribution in [0.5, 0.6) is 0 Å². The molecule has 5 atom stereocenters. The smallest absolute Gasteiger partial charge is 0.244 e. The van der Waals surface area contributed by atoms with Gasteiger partial charge in [0.2, 0.25) is 11.8 Å². The van der Waals surface area contributed by atoms with Crippen LogP contribution in [0.1, 0.15) is 58.3 Å². The number of hydrogen-bond acceptors (Lipinski definition) is 4. The second-order valence-corrected chi connectivity index (χ2v) is 8.17. The number of ether oxygens (including phenoxy) is 1. The monoisotopic (exact) mass is 363 g/mol. The summed E-state index contributed by atoms with van der Waals surface area (Å²) in [6.07, 6.45) is 10.4. The van der Waals surface area contributed by atoms with Gasteiger partial charge in [0.25, 0.3) is 0 Å². The first kappa shape index (κ1) is 19.4. The van der Waals surface area contributed by atoms with Crippen molar-refractivity contribution in [2.24, 2.45) is 11.8 Å². The Morgan fingerprint density at radius 2 is 2.08 bits per heavy atom. The van der Waals surface area contributed by atoms with Crippen molar-refractivity contribution in [2.45, 2.75) is 76.5 Å². The van der Waals surface area contributed by atoms with Crippen LogP contribution in [0.4, 0.5) is 0 Å². The van der Waals surface area contributed by atoms with Crippen molar-refractivity contribution < 1.29 is 14.3 Å². The van der Waals surface area contributed by atoms with Crippen LogP contribution >= 0.6 is 0 Å². The van der Waals surface area contributed by atoms with E-state index in [2.05, 4.69) is 16.0 Å². The topological polar surface area (TPSA) is 79.5 Å². The molecule has 6 heteroatoms. The molecule has 146 valence electrons. The van der Waals surface area contributed by atoms with Crippen molar-refractivity contribution >= 4 is 11.8 Å². The normalized spacial score (nSPS) is 35.4. The van der Waals surface area contributed by atoms with Crippen molar-refractivity contribution in [3.05, 3.63) is 11.6 Å². The van der Waals surface area contributed by atoms with Gasteiger partial charge >= 0.3 is 0 Å². The van der Waals surface area contributed by atoms with Gasteiger partial charge in [-0.1, -0.05) is 18.4 Å². The zero-order chi connectivity index (χ0) is 18.5. The lowest BCUT2D eigenvalue weighted by Crippen LogP contribution is -2.59. The average molecular weight is 364 g/mol. The SMILES string of the molecule is COC1CCCCC1C/C(C)=C/C(=O)NC1CCC2NCNC(=O)C2C1. The summed E-state index contributed by atoms with van der Waals surface area (Å²) < 4.78 is 5.62. The van der Waals surface area contributed by atoms with Gasteiger partial charge in [-0.05, 0) is 51.4 Å². The molecule has 26 heavy (non-hydrogen) atoms. The fourth-order valence-corrected chi connectivity index (χ4v) is 4.89. The van der Waals surface area contributed by atoms with Crippen LogP contribution in [0.25, 0.3) is 0 Å². The lowest BCUT2D eigenvalue weighted by Gasteiger charge is -2.39. The number of hydrogen-bond donors (Lipinski definition) is 3. The van der Waals surface area contributed by atoms with Crippen molar-refractivity contribution in [1.82, 2.24) is 16.0 Å². The maximum Gasteiger partial charge on any atom is 0.244 e. The predicted molar refractivity (Wildman–Crippen MR) is 100 cm³/mol. The second-order valence-electron chi connectivity index (χ2n) is 8.17. The Balaban J connectivity index is 1.49. The fraction of sp³-hybridized carbons (Fsp3) is 0.800. The molecule has 0 aromatic rings. The fourth-order valence-electron chi connectivity index (χ4n) is 4.89. The summed E-state index contributed by atoms with van der Waals surface area (Å²) in [5, 5.41) is 9.31. The molecule has 0 aromatic carbocycles. The molecule has 0 radical (unpaired) electrons. The quantitative estimate of drug-likeness (QED) is 0.652. The highest BCUT2D eigenvalue weighted by molar-refractivity contribution is 5.88. The molecule has 0 bridgehead atoms. The summed E-state index contributed by atoms with van der Waals surface area (Å²) in [5.41, 5.74) is 1.11. The van der Waals surface area contributed by atoms with Gasteiger partial charge in [0.05, 0.1) is 18.7 Å². The lowest BCUT2D eigenvalue weighted by molar-refractivity contribution is -0.130. The summed E-state index contributed by atoms with van der Waals surface area (Å²) in [6.45, 7) is 2.60. The molecular formula is C20H33N3O3. The Hall–Kier alpha value is -1.40. The van der Waals surface area contributed by atoms with Crippen LogP contribution in [0.2, 0.25) is 0 Å². The van der Waals surface area contributed by atoms with Gasteiger partial charge < -0.3 is 15.4 Å². The van der Waals surface area contributed by atoms with Crippen LogP contribution in [0, 0.1) is 11.8 Å². The highest BCUT2D eigenvalue weighted by Crippen LogP contribution is 2.31. The Morgan fingerprint density at radius 3 is 2.88 bits per heavy atom. The zero-order valence-electron chi connectivity index (χ0n) is 16.1. The average Bonchev–Trinajstić information content (AvgIpc) is 2.62. The molecule has 3 fully saturated rings. The molecule has 5 unspecified atom stereocenters. The number of carbonyl (C=O) groups excluding carboxylic acids is 2. The van der Waals surface area contributed by atoms with E-state index >= 15 is 0 Å². The Labute approximate surface area is 156 Å². The summed E-state index contributed by atoms with van der Waals surface area (Å²) in [5.74, 6) is 0.574. The van der Waals surface area contributed by atoms with Crippen LogP contribution < -0.4 is 16.0 Å². The first-order valence-electron chi connectivity index (χ1n) is 10.1. The summed E-state index contributed by atoms with van der Waals surface area (Å²) in [4.78, 5) is 24.5. The van der Waals surface area contributed by atoms with E-state index in [4.69, 9.17) is 4.74 Å². The van der Waals surface area contributed by atoms with E-state index in [0.29, 0.717) is 18.7 Å². The summed E-state index contributed by atoms with van der Waals surface area (Å²) in [7, 11) is 1.79. The van der Waals surface area contributed by atoms with E-state index < -0.39 is 0 Å². The minimum absolute atomic E-state index is 0.0279. The van der Waals surface area contributed by atoms with E-state index in [1.165, 1.54) is 19.3 Å². The van der Waals surface area contributed by atoms with Gasteiger partial charge in [0.1, 0.15) is 0 Å². The molecule has 0 aromatic heterocycles. The van der Waals surface area contributed by atoms with Crippen molar-refractivity contribution in [2.75, 3.05) is 13.8 Å². The van der Waals surface area contributed by atoms with Crippen LogP contribution in [-0.4, -0.2) is 43.8 Å². The third kappa shape index (κ3) is 4.86. The standard InChI is InChI=1S/C20H33N3O3/c1-13(9-14-5-3-4-6-18(14)26-2)10-19(24)23-15-7-8-17-16(11-15)20(25)22-12-21-17/h10,14-18,21H,3-9,11-12H2,1-2H3,(H,22,25)(H,23,24)/b13-10+. The molecule has 2 aliphatic carbocycles. The van der Waals surface area contributed by atoms with E-state index in [1.807, 2.05) is 6.92 Å². The lowest BCUT2D eigenvalue weighted by atomic mass is 9.80. The van der Waals surface area contributed by atoms with Crippen LogP contribution in [-0.2, 0) is 14.3 Å². The minimum atomic E-state index is -0.0300.